The number of nitriles is 1. The molecule has 4 heteroatoms. The number of hydrogen-bond acceptors (Lipinski definition) is 3. The summed E-state index contributed by atoms with van der Waals surface area (Å²) in [4.78, 5) is 12.0. The molecule has 0 bridgehead atoms. The Morgan fingerprint density at radius 1 is 1.14 bits per heavy atom. The molecule has 0 saturated carbocycles. The number of amides is 1. The van der Waals surface area contributed by atoms with Gasteiger partial charge in [-0.05, 0) is 43.2 Å². The van der Waals surface area contributed by atoms with Crippen LogP contribution < -0.4 is 10.6 Å². The van der Waals surface area contributed by atoms with Crippen LogP contribution in [0.4, 0.5) is 11.4 Å². The molecule has 0 saturated heterocycles. The number of hydrogen-bond donors (Lipinski definition) is 2. The molecule has 1 amide bonds. The molecule has 4 nitrogen and oxygen atoms in total. The van der Waals surface area contributed by atoms with Crippen LogP contribution in [0.25, 0.3) is 0 Å². The number of rotatable bonds is 4. The smallest absolute Gasteiger partial charge is 0.243 e. The summed E-state index contributed by atoms with van der Waals surface area (Å²) >= 11 is 0. The maximum Gasteiger partial charge on any atom is 0.243 e. The van der Waals surface area contributed by atoms with Crippen molar-refractivity contribution < 1.29 is 4.79 Å². The van der Waals surface area contributed by atoms with Crippen molar-refractivity contribution >= 4 is 17.3 Å². The highest BCUT2D eigenvalue weighted by Gasteiger charge is 2.06. The van der Waals surface area contributed by atoms with Crippen molar-refractivity contribution in [3.63, 3.8) is 0 Å². The molecule has 2 aromatic rings. The highest BCUT2D eigenvalue weighted by atomic mass is 16.1. The zero-order valence-electron chi connectivity index (χ0n) is 12.1. The van der Waals surface area contributed by atoms with Gasteiger partial charge in [0, 0.05) is 11.4 Å². The Bertz CT molecular complexity index is 681. The Morgan fingerprint density at radius 2 is 1.81 bits per heavy atom. The summed E-state index contributed by atoms with van der Waals surface area (Å²) in [6.07, 6.45) is 0. The Kier molecular flexibility index (Phi) is 4.57. The first-order valence-electron chi connectivity index (χ1n) is 6.70. The van der Waals surface area contributed by atoms with Crippen molar-refractivity contribution in [2.75, 3.05) is 17.2 Å². The lowest BCUT2D eigenvalue weighted by Crippen LogP contribution is -2.22. The molecule has 0 aliphatic rings. The zero-order chi connectivity index (χ0) is 15.2. The largest absolute Gasteiger partial charge is 0.376 e. The van der Waals surface area contributed by atoms with E-state index in [-0.39, 0.29) is 12.5 Å². The van der Waals surface area contributed by atoms with E-state index >= 15 is 0 Å². The Labute approximate surface area is 124 Å². The van der Waals surface area contributed by atoms with Gasteiger partial charge in [0.1, 0.15) is 0 Å². The first-order valence-corrected chi connectivity index (χ1v) is 6.70. The third-order valence-corrected chi connectivity index (χ3v) is 3.18. The fourth-order valence-electron chi connectivity index (χ4n) is 2.13. The summed E-state index contributed by atoms with van der Waals surface area (Å²) in [5.74, 6) is -0.146. The Morgan fingerprint density at radius 3 is 2.48 bits per heavy atom. The van der Waals surface area contributed by atoms with Crippen LogP contribution in [0.1, 0.15) is 16.7 Å². The summed E-state index contributed by atoms with van der Waals surface area (Å²) < 4.78 is 0. The van der Waals surface area contributed by atoms with Crippen LogP contribution in [0.5, 0.6) is 0 Å². The van der Waals surface area contributed by atoms with Crippen LogP contribution in [0, 0.1) is 25.2 Å². The van der Waals surface area contributed by atoms with Crippen molar-refractivity contribution in [1.29, 1.82) is 5.26 Å². The highest BCUT2D eigenvalue weighted by Crippen LogP contribution is 2.19. The third kappa shape index (κ3) is 3.83. The SMILES string of the molecule is Cc1cccc(C)c1NCC(=O)Nc1cccc(C#N)c1. The van der Waals surface area contributed by atoms with Crippen molar-refractivity contribution in [2.45, 2.75) is 13.8 Å². The van der Waals surface area contributed by atoms with Gasteiger partial charge < -0.3 is 10.6 Å². The average molecular weight is 279 g/mol. The van der Waals surface area contributed by atoms with Gasteiger partial charge in [0.15, 0.2) is 0 Å². The van der Waals surface area contributed by atoms with E-state index in [0.29, 0.717) is 11.3 Å². The lowest BCUT2D eigenvalue weighted by atomic mass is 10.1. The van der Waals surface area contributed by atoms with Gasteiger partial charge in [-0.1, -0.05) is 24.3 Å². The van der Waals surface area contributed by atoms with E-state index in [0.717, 1.165) is 16.8 Å². The number of anilines is 2. The molecule has 0 aliphatic carbocycles. The lowest BCUT2D eigenvalue weighted by Gasteiger charge is -2.12. The molecule has 0 radical (unpaired) electrons. The minimum absolute atomic E-state index is 0.146. The summed E-state index contributed by atoms with van der Waals surface area (Å²) in [5.41, 5.74) is 4.35. The molecule has 106 valence electrons. The van der Waals surface area contributed by atoms with Gasteiger partial charge in [-0.25, -0.2) is 0 Å². The second kappa shape index (κ2) is 6.58. The van der Waals surface area contributed by atoms with Gasteiger partial charge in [0.25, 0.3) is 0 Å². The lowest BCUT2D eigenvalue weighted by molar-refractivity contribution is -0.114. The first kappa shape index (κ1) is 14.6. The van der Waals surface area contributed by atoms with Crippen molar-refractivity contribution in [1.82, 2.24) is 0 Å². The van der Waals surface area contributed by atoms with Crippen LogP contribution in [0.15, 0.2) is 42.5 Å². The van der Waals surface area contributed by atoms with Crippen LogP contribution in [-0.2, 0) is 4.79 Å². The summed E-state index contributed by atoms with van der Waals surface area (Å²) in [6.45, 7) is 4.19. The number of carbonyl (C=O) groups is 1. The van der Waals surface area contributed by atoms with Crippen molar-refractivity contribution in [3.8, 4) is 6.07 Å². The third-order valence-electron chi connectivity index (χ3n) is 3.18. The molecule has 0 fully saturated rings. The average Bonchev–Trinajstić information content (AvgIpc) is 2.47. The van der Waals surface area contributed by atoms with Gasteiger partial charge in [0.2, 0.25) is 5.91 Å². The van der Waals surface area contributed by atoms with Crippen LogP contribution in [0.3, 0.4) is 0 Å². The molecule has 0 atom stereocenters. The second-order valence-electron chi connectivity index (χ2n) is 4.86. The monoisotopic (exact) mass is 279 g/mol. The molecule has 0 unspecified atom stereocenters. The number of benzene rings is 2. The predicted octanol–water partition coefficient (Wildman–Crippen LogP) is 3.23. The highest BCUT2D eigenvalue weighted by molar-refractivity contribution is 5.94. The fraction of sp³-hybridized carbons (Fsp3) is 0.176. The van der Waals surface area contributed by atoms with E-state index < -0.39 is 0 Å². The summed E-state index contributed by atoms with van der Waals surface area (Å²) in [6, 6.07) is 14.9. The van der Waals surface area contributed by atoms with E-state index in [2.05, 4.69) is 10.6 Å². The number of aryl methyl sites for hydroxylation is 2. The van der Waals surface area contributed by atoms with Gasteiger partial charge in [-0.3, -0.25) is 4.79 Å². The molecule has 2 aromatic carbocycles. The normalized spacial score (nSPS) is 9.76. The molecule has 0 aliphatic heterocycles. The number of nitrogens with zero attached hydrogens (tertiary/aromatic N) is 1. The van der Waals surface area contributed by atoms with Gasteiger partial charge in [-0.15, -0.1) is 0 Å². The van der Waals surface area contributed by atoms with Crippen molar-refractivity contribution in [3.05, 3.63) is 59.2 Å². The molecule has 2 rings (SSSR count). The number of carbonyl (C=O) groups excluding carboxylic acids is 1. The molecule has 21 heavy (non-hydrogen) atoms. The van der Waals surface area contributed by atoms with Crippen molar-refractivity contribution in [2.24, 2.45) is 0 Å². The van der Waals surface area contributed by atoms with E-state index in [4.69, 9.17) is 5.26 Å². The topological polar surface area (TPSA) is 64.9 Å². The summed E-state index contributed by atoms with van der Waals surface area (Å²) in [5, 5.41) is 14.8. The molecule has 2 N–H and O–H groups in total. The standard InChI is InChI=1S/C17H17N3O/c1-12-5-3-6-13(2)17(12)19-11-16(21)20-15-8-4-7-14(9-15)10-18/h3-9,19H,11H2,1-2H3,(H,20,21). The van der Waals surface area contributed by atoms with Gasteiger partial charge in [-0.2, -0.15) is 5.26 Å². The molecular weight excluding hydrogens is 262 g/mol. The number of nitrogens with one attached hydrogen (secondary N) is 2. The van der Waals surface area contributed by atoms with Crippen LogP contribution in [0.2, 0.25) is 0 Å². The minimum Gasteiger partial charge on any atom is -0.376 e. The molecule has 0 aromatic heterocycles. The van der Waals surface area contributed by atoms with E-state index in [1.165, 1.54) is 0 Å². The summed E-state index contributed by atoms with van der Waals surface area (Å²) in [7, 11) is 0. The minimum atomic E-state index is -0.146. The molecule has 0 spiro atoms. The van der Waals surface area contributed by atoms with E-state index in [1.54, 1.807) is 24.3 Å². The Hall–Kier alpha value is -2.80. The first-order chi connectivity index (χ1) is 10.1. The predicted molar refractivity (Wildman–Crippen MR) is 84.2 cm³/mol. The Balaban J connectivity index is 1.98. The van der Waals surface area contributed by atoms with Crippen LogP contribution >= 0.6 is 0 Å². The van der Waals surface area contributed by atoms with E-state index in [9.17, 15) is 4.79 Å². The van der Waals surface area contributed by atoms with Gasteiger partial charge in [0.05, 0.1) is 18.2 Å². The van der Waals surface area contributed by atoms with Gasteiger partial charge >= 0.3 is 0 Å². The number of para-hydroxylation sites is 1. The zero-order valence-corrected chi connectivity index (χ0v) is 12.1. The fourth-order valence-corrected chi connectivity index (χ4v) is 2.13. The maximum absolute atomic E-state index is 12.0. The second-order valence-corrected chi connectivity index (χ2v) is 4.86. The van der Waals surface area contributed by atoms with Crippen LogP contribution in [-0.4, -0.2) is 12.5 Å². The maximum atomic E-state index is 12.0. The quantitative estimate of drug-likeness (QED) is 0.903. The van der Waals surface area contributed by atoms with E-state index in [1.807, 2.05) is 38.1 Å². The molecular formula is C17H17N3O. The molecule has 0 heterocycles.